The predicted octanol–water partition coefficient (Wildman–Crippen LogP) is 0.534. The van der Waals surface area contributed by atoms with E-state index in [9.17, 15) is 34.3 Å². The maximum atomic E-state index is 12.8. The molecule has 15 nitrogen and oxygen atoms in total. The van der Waals surface area contributed by atoms with E-state index in [4.69, 9.17) is 23.7 Å². The second kappa shape index (κ2) is 13.5. The van der Waals surface area contributed by atoms with Crippen LogP contribution in [0.15, 0.2) is 5.11 Å². The van der Waals surface area contributed by atoms with E-state index in [2.05, 4.69) is 15.3 Å². The molecule has 0 aromatic carbocycles. The van der Waals surface area contributed by atoms with Gasteiger partial charge in [0.25, 0.3) is 0 Å². The summed E-state index contributed by atoms with van der Waals surface area (Å²) < 4.78 is 25.8. The Bertz CT molecular complexity index is 939. The van der Waals surface area contributed by atoms with Gasteiger partial charge in [0.2, 0.25) is 5.91 Å². The number of esters is 5. The Morgan fingerprint density at radius 1 is 1.03 bits per heavy atom. The van der Waals surface area contributed by atoms with E-state index in [1.165, 1.54) is 6.92 Å². The molecule has 0 aromatic rings. The molecule has 1 amide bonds. The van der Waals surface area contributed by atoms with Gasteiger partial charge in [-0.25, -0.2) is 0 Å². The topological polar surface area (TPSA) is 209 Å². The van der Waals surface area contributed by atoms with Crippen molar-refractivity contribution >= 4 is 47.5 Å². The predicted molar refractivity (Wildman–Crippen MR) is 121 cm³/mol. The lowest BCUT2D eigenvalue weighted by atomic mass is 9.93. The minimum atomic E-state index is -2.04. The third-order valence-electron chi connectivity index (χ3n) is 4.72. The van der Waals surface area contributed by atoms with Crippen LogP contribution in [0.1, 0.15) is 41.0 Å². The van der Waals surface area contributed by atoms with Crippen molar-refractivity contribution in [3.63, 3.8) is 0 Å². The summed E-state index contributed by atoms with van der Waals surface area (Å²) >= 11 is 0.647. The summed E-state index contributed by atoms with van der Waals surface area (Å²) in [6, 6.07) is -1.15. The molecule has 0 bridgehead atoms. The number of methoxy groups -OCH3 is 1. The van der Waals surface area contributed by atoms with Gasteiger partial charge in [0.05, 0.1) is 18.4 Å². The van der Waals surface area contributed by atoms with Crippen molar-refractivity contribution in [2.45, 2.75) is 75.5 Å². The van der Waals surface area contributed by atoms with Gasteiger partial charge in [-0.1, -0.05) is 5.11 Å². The standard InChI is InChI=1S/C20H28N4O11S/c1-9(25)22-16-14(33-11(3)27)7-20(23-24-21,19(30)31-6)36-18(16)17(35-13(5)29)15(34-12(4)28)8-32-10(2)26/h14-18H,7-8H2,1-6H3,(H,22,25)/t14-,15+,16+,17+,18+,20-/m0/s1. The number of nitrogens with one attached hydrogen (secondary N) is 1. The molecule has 1 saturated heterocycles. The van der Waals surface area contributed by atoms with Gasteiger partial charge in [-0.3, -0.25) is 28.8 Å². The van der Waals surface area contributed by atoms with E-state index in [1.807, 2.05) is 0 Å². The number of azide groups is 1. The van der Waals surface area contributed by atoms with Crippen molar-refractivity contribution in [1.29, 1.82) is 0 Å². The molecule has 16 heteroatoms. The third-order valence-corrected chi connectivity index (χ3v) is 6.36. The van der Waals surface area contributed by atoms with E-state index in [0.717, 1.165) is 34.8 Å². The molecule has 1 aliphatic rings. The second-order valence-corrected chi connectivity index (χ2v) is 9.11. The highest BCUT2D eigenvalue weighted by molar-refractivity contribution is 8.02. The third kappa shape index (κ3) is 8.61. The van der Waals surface area contributed by atoms with Crippen LogP contribution in [-0.4, -0.2) is 83.9 Å². The molecule has 1 N–H and O–H groups in total. The van der Waals surface area contributed by atoms with Crippen LogP contribution in [0.2, 0.25) is 0 Å². The van der Waals surface area contributed by atoms with Crippen LogP contribution >= 0.6 is 11.8 Å². The fourth-order valence-corrected chi connectivity index (χ4v) is 5.32. The fourth-order valence-electron chi connectivity index (χ4n) is 3.59. The summed E-state index contributed by atoms with van der Waals surface area (Å²) in [6.45, 7) is 4.90. The van der Waals surface area contributed by atoms with Crippen molar-refractivity contribution in [2.75, 3.05) is 13.7 Å². The Hall–Kier alpha value is -3.52. The lowest BCUT2D eigenvalue weighted by Gasteiger charge is -2.47. The van der Waals surface area contributed by atoms with Gasteiger partial charge in [0.1, 0.15) is 12.7 Å². The highest BCUT2D eigenvalue weighted by atomic mass is 32.2. The van der Waals surface area contributed by atoms with E-state index < -0.39 is 83.3 Å². The molecule has 0 saturated carbocycles. The van der Waals surface area contributed by atoms with Crippen LogP contribution in [0.3, 0.4) is 0 Å². The highest BCUT2D eigenvalue weighted by Gasteiger charge is 2.57. The van der Waals surface area contributed by atoms with Crippen molar-refractivity contribution in [3.05, 3.63) is 10.4 Å². The molecule has 36 heavy (non-hydrogen) atoms. The minimum Gasteiger partial charge on any atom is -0.468 e. The van der Waals surface area contributed by atoms with E-state index >= 15 is 0 Å². The number of thioether (sulfide) groups is 1. The molecule has 200 valence electrons. The van der Waals surface area contributed by atoms with Crippen LogP contribution in [0.4, 0.5) is 0 Å². The molecule has 1 fully saturated rings. The van der Waals surface area contributed by atoms with E-state index in [1.54, 1.807) is 0 Å². The molecule has 0 unspecified atom stereocenters. The highest BCUT2D eigenvalue weighted by Crippen LogP contribution is 2.47. The largest absolute Gasteiger partial charge is 0.468 e. The number of hydrogen-bond acceptors (Lipinski definition) is 13. The molecule has 1 aliphatic heterocycles. The summed E-state index contributed by atoms with van der Waals surface area (Å²) in [7, 11) is 1.04. The quantitative estimate of drug-likeness (QED) is 0.134. The van der Waals surface area contributed by atoms with Gasteiger partial charge in [-0.2, -0.15) is 0 Å². The maximum Gasteiger partial charge on any atom is 0.328 e. The smallest absolute Gasteiger partial charge is 0.328 e. The second-order valence-electron chi connectivity index (χ2n) is 7.65. The summed E-state index contributed by atoms with van der Waals surface area (Å²) in [4.78, 5) is 72.8. The molecule has 0 spiro atoms. The Kier molecular flexibility index (Phi) is 11.5. The average Bonchev–Trinajstić information content (AvgIpc) is 2.75. The first-order chi connectivity index (χ1) is 16.8. The summed E-state index contributed by atoms with van der Waals surface area (Å²) in [5, 5.41) is 4.93. The molecular weight excluding hydrogens is 504 g/mol. The minimum absolute atomic E-state index is 0.412. The number of carbonyl (C=O) groups is 6. The molecule has 0 aliphatic carbocycles. The number of carbonyl (C=O) groups excluding carboxylic acids is 6. The van der Waals surface area contributed by atoms with Gasteiger partial charge < -0.3 is 29.0 Å². The number of amides is 1. The zero-order valence-corrected chi connectivity index (χ0v) is 21.4. The van der Waals surface area contributed by atoms with Crippen LogP contribution in [-0.2, 0) is 52.5 Å². The van der Waals surface area contributed by atoms with E-state index in [0.29, 0.717) is 11.8 Å². The van der Waals surface area contributed by atoms with Crippen molar-refractivity contribution in [2.24, 2.45) is 5.11 Å². The number of rotatable bonds is 10. The van der Waals surface area contributed by atoms with Gasteiger partial charge in [-0.15, -0.1) is 11.8 Å². The van der Waals surface area contributed by atoms with Gasteiger partial charge in [-0.05, 0) is 5.53 Å². The van der Waals surface area contributed by atoms with Crippen molar-refractivity contribution in [1.82, 2.24) is 5.32 Å². The Morgan fingerprint density at radius 2 is 1.64 bits per heavy atom. The monoisotopic (exact) mass is 532 g/mol. The zero-order valence-electron chi connectivity index (χ0n) is 20.5. The molecule has 1 heterocycles. The molecule has 1 rings (SSSR count). The average molecular weight is 533 g/mol. The Balaban J connectivity index is 3.81. The first-order valence-corrected chi connectivity index (χ1v) is 11.4. The SMILES string of the molecule is COC(=O)[C@]1(N=[N+]=[N-])C[C@H](OC(C)=O)[C@@H](NC(C)=O)[C@H]([C@H](OC(C)=O)[C@@H](COC(C)=O)OC(C)=O)S1. The molecule has 0 aromatic heterocycles. The Morgan fingerprint density at radius 3 is 2.08 bits per heavy atom. The van der Waals surface area contributed by atoms with Crippen molar-refractivity contribution in [3.8, 4) is 0 Å². The van der Waals surface area contributed by atoms with Crippen LogP contribution in [0, 0.1) is 0 Å². The van der Waals surface area contributed by atoms with Crippen LogP contribution in [0.5, 0.6) is 0 Å². The number of ether oxygens (including phenoxy) is 5. The summed E-state index contributed by atoms with van der Waals surface area (Å²) in [5.41, 5.74) is 9.20. The Labute approximate surface area is 210 Å². The normalized spacial score (nSPS) is 24.6. The number of nitrogens with zero attached hydrogens (tertiary/aromatic N) is 3. The van der Waals surface area contributed by atoms with Gasteiger partial charge in [0, 0.05) is 46.0 Å². The fraction of sp³-hybridized carbons (Fsp3) is 0.700. The lowest BCUT2D eigenvalue weighted by molar-refractivity contribution is -0.175. The molecule has 0 radical (unpaired) electrons. The van der Waals surface area contributed by atoms with Crippen molar-refractivity contribution < 1.29 is 52.5 Å². The van der Waals surface area contributed by atoms with Crippen LogP contribution < -0.4 is 5.32 Å². The summed E-state index contributed by atoms with van der Waals surface area (Å²) in [5.74, 6) is -4.81. The molecule has 6 atom stereocenters. The first kappa shape index (κ1) is 30.5. The van der Waals surface area contributed by atoms with Crippen LogP contribution in [0.25, 0.3) is 10.4 Å². The van der Waals surface area contributed by atoms with Gasteiger partial charge >= 0.3 is 29.8 Å². The zero-order chi connectivity index (χ0) is 27.6. The number of hydrogen-bond donors (Lipinski definition) is 1. The summed E-state index contributed by atoms with van der Waals surface area (Å²) in [6.07, 6.45) is -4.62. The molecular formula is C20H28N4O11S. The maximum absolute atomic E-state index is 12.8. The van der Waals surface area contributed by atoms with E-state index in [-0.39, 0.29) is 0 Å². The lowest BCUT2D eigenvalue weighted by Crippen LogP contribution is -2.64. The van der Waals surface area contributed by atoms with Gasteiger partial charge in [0.15, 0.2) is 17.1 Å². The first-order valence-electron chi connectivity index (χ1n) is 10.5.